The molecule has 2 saturated heterocycles. The normalized spacial score (nSPS) is 22.8. The second-order valence-electron chi connectivity index (χ2n) is 7.64. The predicted molar refractivity (Wildman–Crippen MR) is 108 cm³/mol. The van der Waals surface area contributed by atoms with Gasteiger partial charge in [0.15, 0.2) is 0 Å². The van der Waals surface area contributed by atoms with Gasteiger partial charge in [0.05, 0.1) is 18.8 Å². The van der Waals surface area contributed by atoms with Crippen molar-refractivity contribution in [3.8, 4) is 11.1 Å². The molecule has 1 aromatic heterocycles. The monoisotopic (exact) mass is 386 g/mol. The van der Waals surface area contributed by atoms with Gasteiger partial charge in [0.25, 0.3) is 0 Å². The van der Waals surface area contributed by atoms with Gasteiger partial charge in [0, 0.05) is 48.8 Å². The quantitative estimate of drug-likeness (QED) is 0.770. The van der Waals surface area contributed by atoms with Gasteiger partial charge in [-0.3, -0.25) is 4.90 Å². The lowest BCUT2D eigenvalue weighted by Crippen LogP contribution is -2.43. The van der Waals surface area contributed by atoms with Crippen LogP contribution in [0.3, 0.4) is 0 Å². The molecule has 1 atom stereocenters. The Hall–Kier alpha value is -2.29. The molecule has 8 heteroatoms. The zero-order valence-electron chi connectivity index (χ0n) is 16.4. The summed E-state index contributed by atoms with van der Waals surface area (Å²) in [6.07, 6.45) is 4.21. The Kier molecular flexibility index (Phi) is 5.18. The average Bonchev–Trinajstić information content (AvgIpc) is 3.21. The number of morpholine rings is 1. The highest BCUT2D eigenvalue weighted by molar-refractivity contribution is 5.70. The molecule has 0 spiro atoms. The second kappa shape index (κ2) is 7.62. The fraction of sp³-hybridized carbons (Fsp3) is 0.500. The molecule has 0 bridgehead atoms. The number of nitrogen functional groups attached to an aromatic ring is 1. The minimum atomic E-state index is -0.306. The summed E-state index contributed by atoms with van der Waals surface area (Å²) in [5.74, 6) is 0.334. The predicted octanol–water partition coefficient (Wildman–Crippen LogP) is 1.45. The summed E-state index contributed by atoms with van der Waals surface area (Å²) in [5.41, 5.74) is 8.57. The molecule has 0 saturated carbocycles. The first kappa shape index (κ1) is 19.0. The van der Waals surface area contributed by atoms with E-state index in [0.29, 0.717) is 36.0 Å². The fourth-order valence-electron chi connectivity index (χ4n) is 4.13. The van der Waals surface area contributed by atoms with Crippen LogP contribution < -0.4 is 16.0 Å². The highest BCUT2D eigenvalue weighted by Gasteiger charge is 2.39. The summed E-state index contributed by atoms with van der Waals surface area (Å²) in [4.78, 5) is 13.0. The maximum absolute atomic E-state index is 15.1. The number of benzene rings is 1. The van der Waals surface area contributed by atoms with Crippen LogP contribution in [-0.4, -0.2) is 68.4 Å². The molecule has 0 aliphatic carbocycles. The molecule has 2 aliphatic rings. The van der Waals surface area contributed by atoms with Gasteiger partial charge in [-0.25, -0.2) is 14.4 Å². The van der Waals surface area contributed by atoms with Gasteiger partial charge in [-0.05, 0) is 44.8 Å². The van der Waals surface area contributed by atoms with Crippen LogP contribution in [-0.2, 0) is 10.3 Å². The number of rotatable bonds is 4. The number of anilines is 2. The topological polar surface area (TPSA) is 79.5 Å². The molecule has 28 heavy (non-hydrogen) atoms. The molecule has 3 heterocycles. The highest BCUT2D eigenvalue weighted by atomic mass is 19.1. The van der Waals surface area contributed by atoms with Gasteiger partial charge in [-0.1, -0.05) is 0 Å². The van der Waals surface area contributed by atoms with Gasteiger partial charge in [0.2, 0.25) is 5.95 Å². The van der Waals surface area contributed by atoms with Crippen molar-refractivity contribution in [3.05, 3.63) is 35.9 Å². The van der Waals surface area contributed by atoms with E-state index in [1.54, 1.807) is 24.5 Å². The van der Waals surface area contributed by atoms with E-state index in [0.717, 1.165) is 38.2 Å². The van der Waals surface area contributed by atoms with Crippen molar-refractivity contribution in [2.45, 2.75) is 12.0 Å². The van der Waals surface area contributed by atoms with Gasteiger partial charge < -0.3 is 20.7 Å². The summed E-state index contributed by atoms with van der Waals surface area (Å²) in [6.45, 7) is 4.49. The molecule has 0 radical (unpaired) electrons. The Morgan fingerprint density at radius 3 is 2.54 bits per heavy atom. The van der Waals surface area contributed by atoms with E-state index in [1.807, 2.05) is 14.1 Å². The first-order chi connectivity index (χ1) is 13.5. The summed E-state index contributed by atoms with van der Waals surface area (Å²) < 4.78 is 20.4. The van der Waals surface area contributed by atoms with Gasteiger partial charge >= 0.3 is 0 Å². The summed E-state index contributed by atoms with van der Waals surface area (Å²) in [7, 11) is 4.02. The zero-order valence-corrected chi connectivity index (χ0v) is 16.4. The molecule has 2 fully saturated rings. The van der Waals surface area contributed by atoms with Crippen LogP contribution in [0.1, 0.15) is 12.0 Å². The molecule has 4 rings (SSSR count). The lowest BCUT2D eigenvalue weighted by molar-refractivity contribution is 0.122. The first-order valence-corrected chi connectivity index (χ1v) is 9.64. The molecule has 3 N–H and O–H groups in total. The third kappa shape index (κ3) is 3.32. The lowest BCUT2D eigenvalue weighted by atomic mass is 9.85. The number of likely N-dealkylation sites (N-methyl/N-ethyl adjacent to an activating group) is 1. The minimum absolute atomic E-state index is 0.292. The van der Waals surface area contributed by atoms with Crippen LogP contribution in [0.15, 0.2) is 24.5 Å². The lowest BCUT2D eigenvalue weighted by Gasteiger charge is -2.37. The van der Waals surface area contributed by atoms with Crippen molar-refractivity contribution in [2.75, 3.05) is 64.1 Å². The molecule has 0 amide bonds. The number of hydrogen-bond acceptors (Lipinski definition) is 7. The maximum atomic E-state index is 15.1. The van der Waals surface area contributed by atoms with E-state index in [2.05, 4.69) is 25.1 Å². The van der Waals surface area contributed by atoms with Crippen molar-refractivity contribution in [2.24, 2.45) is 0 Å². The van der Waals surface area contributed by atoms with Crippen molar-refractivity contribution in [3.63, 3.8) is 0 Å². The smallest absolute Gasteiger partial charge is 0.225 e. The van der Waals surface area contributed by atoms with E-state index in [4.69, 9.17) is 10.5 Å². The fourth-order valence-corrected chi connectivity index (χ4v) is 4.13. The Balaban J connectivity index is 1.65. The molecule has 150 valence electrons. The Bertz CT molecular complexity index is 829. The molecule has 1 unspecified atom stereocenters. The molecule has 1 aromatic carbocycles. The number of nitrogens with one attached hydrogen (secondary N) is 1. The van der Waals surface area contributed by atoms with Crippen LogP contribution in [0.5, 0.6) is 0 Å². The zero-order chi connectivity index (χ0) is 19.7. The molecular weight excluding hydrogens is 359 g/mol. The largest absolute Gasteiger partial charge is 0.398 e. The van der Waals surface area contributed by atoms with E-state index < -0.39 is 0 Å². The van der Waals surface area contributed by atoms with Crippen LogP contribution >= 0.6 is 0 Å². The van der Waals surface area contributed by atoms with Crippen LogP contribution in [0, 0.1) is 5.82 Å². The Morgan fingerprint density at radius 1 is 1.21 bits per heavy atom. The summed E-state index contributed by atoms with van der Waals surface area (Å²) >= 11 is 0. The van der Waals surface area contributed by atoms with Gasteiger partial charge in [0.1, 0.15) is 5.82 Å². The minimum Gasteiger partial charge on any atom is -0.398 e. The van der Waals surface area contributed by atoms with Crippen molar-refractivity contribution in [1.82, 2.24) is 20.2 Å². The van der Waals surface area contributed by atoms with Gasteiger partial charge in [-0.2, -0.15) is 0 Å². The van der Waals surface area contributed by atoms with Gasteiger partial charge in [-0.15, -0.1) is 0 Å². The second-order valence-corrected chi connectivity index (χ2v) is 7.64. The van der Waals surface area contributed by atoms with Crippen molar-refractivity contribution >= 4 is 11.6 Å². The van der Waals surface area contributed by atoms with E-state index >= 15 is 4.39 Å². The standard InChI is InChI=1S/C20H27FN6O/c1-26(2)20(3-4-23-13-20)16-10-17(21)15(9-18(16)22)14-11-24-19(25-12-14)27-5-7-28-8-6-27/h9-12,23H,3-8,13,22H2,1-2H3. The molecular formula is C20H27FN6O. The third-order valence-electron chi connectivity index (χ3n) is 5.87. The summed E-state index contributed by atoms with van der Waals surface area (Å²) in [5, 5.41) is 3.37. The molecule has 7 nitrogen and oxygen atoms in total. The number of hydrogen-bond donors (Lipinski definition) is 2. The number of nitrogens with zero attached hydrogens (tertiary/aromatic N) is 4. The molecule has 2 aliphatic heterocycles. The first-order valence-electron chi connectivity index (χ1n) is 9.64. The average molecular weight is 386 g/mol. The Morgan fingerprint density at radius 2 is 1.93 bits per heavy atom. The highest BCUT2D eigenvalue weighted by Crippen LogP contribution is 2.39. The number of ether oxygens (including phenoxy) is 1. The van der Waals surface area contributed by atoms with Crippen molar-refractivity contribution < 1.29 is 9.13 Å². The van der Waals surface area contributed by atoms with E-state index in [9.17, 15) is 0 Å². The number of nitrogens with two attached hydrogens (primary N) is 1. The SMILES string of the molecule is CN(C)C1(c2cc(F)c(-c3cnc(N4CCOCC4)nc3)cc2N)CCNC1. The van der Waals surface area contributed by atoms with E-state index in [1.165, 1.54) is 0 Å². The number of aromatic nitrogens is 2. The van der Waals surface area contributed by atoms with E-state index in [-0.39, 0.29) is 11.4 Å². The maximum Gasteiger partial charge on any atom is 0.225 e. The summed E-state index contributed by atoms with van der Waals surface area (Å²) in [6, 6.07) is 3.29. The molecule has 2 aromatic rings. The third-order valence-corrected chi connectivity index (χ3v) is 5.87. The van der Waals surface area contributed by atoms with Crippen LogP contribution in [0.2, 0.25) is 0 Å². The van der Waals surface area contributed by atoms with Crippen molar-refractivity contribution in [1.29, 1.82) is 0 Å². The number of halogens is 1. The Labute approximate surface area is 164 Å². The van der Waals surface area contributed by atoms with Crippen LogP contribution in [0.4, 0.5) is 16.0 Å². The van der Waals surface area contributed by atoms with Crippen LogP contribution in [0.25, 0.3) is 11.1 Å².